The van der Waals surface area contributed by atoms with Crippen LogP contribution in [0.1, 0.15) is 12.8 Å². The average molecular weight is 268 g/mol. The van der Waals surface area contributed by atoms with Crippen molar-refractivity contribution < 1.29 is 13.2 Å². The van der Waals surface area contributed by atoms with Gasteiger partial charge in [0.1, 0.15) is 0 Å². The summed E-state index contributed by atoms with van der Waals surface area (Å²) in [7, 11) is -1.48. The van der Waals surface area contributed by atoms with Crippen LogP contribution >= 0.6 is 11.6 Å². The van der Waals surface area contributed by atoms with Crippen LogP contribution in [0.5, 0.6) is 0 Å². The van der Waals surface area contributed by atoms with Crippen molar-refractivity contribution in [1.29, 1.82) is 0 Å². The van der Waals surface area contributed by atoms with Crippen LogP contribution in [0.15, 0.2) is 11.6 Å². The van der Waals surface area contributed by atoms with E-state index in [9.17, 15) is 8.42 Å². The summed E-state index contributed by atoms with van der Waals surface area (Å²) in [5, 5.41) is 0. The predicted molar refractivity (Wildman–Crippen MR) is 65.3 cm³/mol. The summed E-state index contributed by atoms with van der Waals surface area (Å²) in [5.74, 6) is 0.530. The second-order valence-electron chi connectivity index (χ2n) is 3.76. The Kier molecular flexibility index (Phi) is 5.75. The second-order valence-corrected chi connectivity index (χ2v) is 6.23. The van der Waals surface area contributed by atoms with Gasteiger partial charge >= 0.3 is 0 Å². The van der Waals surface area contributed by atoms with Crippen LogP contribution in [0, 0.1) is 0 Å². The van der Waals surface area contributed by atoms with Gasteiger partial charge in [0.15, 0.2) is 0 Å². The molecule has 0 aliphatic carbocycles. The van der Waals surface area contributed by atoms with E-state index in [2.05, 4.69) is 0 Å². The Bertz CT molecular complexity index is 340. The molecule has 16 heavy (non-hydrogen) atoms. The molecule has 1 aliphatic rings. The molecule has 0 aromatic rings. The summed E-state index contributed by atoms with van der Waals surface area (Å²) in [6.07, 6.45) is 3.20. The highest BCUT2D eigenvalue weighted by molar-refractivity contribution is 7.89. The maximum absolute atomic E-state index is 11.8. The van der Waals surface area contributed by atoms with Crippen LogP contribution in [-0.2, 0) is 14.8 Å². The van der Waals surface area contributed by atoms with Crippen LogP contribution in [0.3, 0.4) is 0 Å². The Morgan fingerprint density at radius 3 is 2.81 bits per heavy atom. The van der Waals surface area contributed by atoms with Crippen LogP contribution in [0.4, 0.5) is 0 Å². The zero-order valence-corrected chi connectivity index (χ0v) is 11.1. The summed E-state index contributed by atoms with van der Waals surface area (Å²) in [6.45, 7) is 1.61. The van der Waals surface area contributed by atoms with Gasteiger partial charge < -0.3 is 4.74 Å². The molecule has 0 amide bonds. The van der Waals surface area contributed by atoms with Gasteiger partial charge in [0.25, 0.3) is 0 Å². The van der Waals surface area contributed by atoms with E-state index in [1.54, 1.807) is 7.11 Å². The summed E-state index contributed by atoms with van der Waals surface area (Å²) in [4.78, 5) is 0. The third-order valence-electron chi connectivity index (χ3n) is 2.52. The molecule has 0 atom stereocenters. The fourth-order valence-electron chi connectivity index (χ4n) is 1.63. The molecule has 0 aromatic heterocycles. The van der Waals surface area contributed by atoms with Gasteiger partial charge in [0.05, 0.1) is 12.4 Å². The number of hydrogen-bond donors (Lipinski definition) is 0. The summed E-state index contributed by atoms with van der Waals surface area (Å²) in [5.41, 5.74) is 1.17. The first-order chi connectivity index (χ1) is 7.60. The molecular weight excluding hydrogens is 250 g/mol. The lowest BCUT2D eigenvalue weighted by atomic mass is 10.1. The zero-order chi connectivity index (χ0) is 12.0. The van der Waals surface area contributed by atoms with E-state index < -0.39 is 10.0 Å². The van der Waals surface area contributed by atoms with Gasteiger partial charge in [-0.3, -0.25) is 0 Å². The highest BCUT2D eigenvalue weighted by atomic mass is 35.5. The van der Waals surface area contributed by atoms with Crippen molar-refractivity contribution >= 4 is 21.6 Å². The fraction of sp³-hybridized carbons (Fsp3) is 0.800. The smallest absolute Gasteiger partial charge is 0.214 e. The number of rotatable bonds is 6. The second kappa shape index (κ2) is 6.59. The van der Waals surface area contributed by atoms with Crippen molar-refractivity contribution in [3.05, 3.63) is 11.6 Å². The molecule has 94 valence electrons. The predicted octanol–water partition coefficient (Wildman–Crippen LogP) is 1.22. The lowest BCUT2D eigenvalue weighted by molar-refractivity contribution is 0.219. The van der Waals surface area contributed by atoms with Crippen LogP contribution in [0.25, 0.3) is 0 Å². The molecular formula is C10H18ClNO3S. The average Bonchev–Trinajstić information content (AvgIpc) is 2.28. The fourth-order valence-corrected chi connectivity index (χ4v) is 3.36. The molecule has 0 aromatic carbocycles. The van der Waals surface area contributed by atoms with E-state index in [0.717, 1.165) is 6.42 Å². The number of sulfonamides is 1. The minimum Gasteiger partial charge on any atom is -0.380 e. The van der Waals surface area contributed by atoms with Crippen molar-refractivity contribution in [1.82, 2.24) is 4.31 Å². The third kappa shape index (κ3) is 4.05. The van der Waals surface area contributed by atoms with Crippen molar-refractivity contribution in [2.24, 2.45) is 0 Å². The molecule has 0 saturated carbocycles. The van der Waals surface area contributed by atoms with E-state index in [1.807, 2.05) is 6.08 Å². The maximum atomic E-state index is 11.8. The zero-order valence-electron chi connectivity index (χ0n) is 9.49. The molecule has 1 heterocycles. The molecule has 0 radical (unpaired) electrons. The molecule has 0 bridgehead atoms. The molecule has 1 rings (SSSR count). The Balaban J connectivity index is 2.52. The van der Waals surface area contributed by atoms with E-state index >= 15 is 0 Å². The van der Waals surface area contributed by atoms with Gasteiger partial charge in [-0.05, 0) is 18.4 Å². The van der Waals surface area contributed by atoms with Gasteiger partial charge in [0.2, 0.25) is 10.0 Å². The first-order valence-electron chi connectivity index (χ1n) is 5.31. The quantitative estimate of drug-likeness (QED) is 0.537. The lowest BCUT2D eigenvalue weighted by Crippen LogP contribution is -2.37. The normalized spacial score (nSPS) is 18.5. The van der Waals surface area contributed by atoms with Gasteiger partial charge in [-0.15, -0.1) is 11.6 Å². The standard InChI is InChI=1S/C10H18ClNO3S/c1-15-9-10-3-6-12(7-4-10)16(13,14)8-2-5-11/h3H,2,4-9H2,1H3. The van der Waals surface area contributed by atoms with Crippen LogP contribution in [0.2, 0.25) is 0 Å². The lowest BCUT2D eigenvalue weighted by Gasteiger charge is -2.25. The summed E-state index contributed by atoms with van der Waals surface area (Å²) < 4.78 is 30.2. The SMILES string of the molecule is COCC1=CCN(S(=O)(=O)CCCCl)CC1. The Morgan fingerprint density at radius 1 is 1.56 bits per heavy atom. The van der Waals surface area contributed by atoms with E-state index in [4.69, 9.17) is 16.3 Å². The summed E-state index contributed by atoms with van der Waals surface area (Å²) in [6, 6.07) is 0. The largest absolute Gasteiger partial charge is 0.380 e. The van der Waals surface area contributed by atoms with Crippen molar-refractivity contribution in [2.45, 2.75) is 12.8 Å². The first kappa shape index (κ1) is 14.0. The van der Waals surface area contributed by atoms with E-state index in [1.165, 1.54) is 9.88 Å². The van der Waals surface area contributed by atoms with Crippen LogP contribution < -0.4 is 0 Å². The van der Waals surface area contributed by atoms with Gasteiger partial charge in [-0.2, -0.15) is 4.31 Å². The maximum Gasteiger partial charge on any atom is 0.214 e. The highest BCUT2D eigenvalue weighted by Crippen LogP contribution is 2.15. The van der Waals surface area contributed by atoms with Gasteiger partial charge in [-0.25, -0.2) is 8.42 Å². The van der Waals surface area contributed by atoms with Crippen molar-refractivity contribution in [3.8, 4) is 0 Å². The molecule has 0 N–H and O–H groups in total. The number of ether oxygens (including phenoxy) is 1. The topological polar surface area (TPSA) is 46.6 Å². The molecule has 0 saturated heterocycles. The van der Waals surface area contributed by atoms with Crippen molar-refractivity contribution in [3.63, 3.8) is 0 Å². The third-order valence-corrected chi connectivity index (χ3v) is 4.72. The van der Waals surface area contributed by atoms with Crippen LogP contribution in [-0.4, -0.2) is 51.2 Å². The van der Waals surface area contributed by atoms with E-state index in [0.29, 0.717) is 32.0 Å². The minimum absolute atomic E-state index is 0.143. The number of alkyl halides is 1. The molecule has 4 nitrogen and oxygen atoms in total. The molecule has 1 aliphatic heterocycles. The molecule has 6 heteroatoms. The molecule has 0 unspecified atom stereocenters. The highest BCUT2D eigenvalue weighted by Gasteiger charge is 2.23. The number of halogens is 1. The number of nitrogens with zero attached hydrogens (tertiary/aromatic N) is 1. The van der Waals surface area contributed by atoms with Crippen molar-refractivity contribution in [2.75, 3.05) is 38.4 Å². The number of methoxy groups -OCH3 is 1. The monoisotopic (exact) mass is 267 g/mol. The number of hydrogen-bond acceptors (Lipinski definition) is 3. The first-order valence-corrected chi connectivity index (χ1v) is 7.45. The minimum atomic E-state index is -3.12. The Morgan fingerprint density at radius 2 is 2.31 bits per heavy atom. The van der Waals surface area contributed by atoms with Gasteiger partial charge in [0, 0.05) is 26.1 Å². The molecule has 0 fully saturated rings. The summed E-state index contributed by atoms with van der Waals surface area (Å²) >= 11 is 5.50. The molecule has 0 spiro atoms. The van der Waals surface area contributed by atoms with E-state index in [-0.39, 0.29) is 5.75 Å². The van der Waals surface area contributed by atoms with Gasteiger partial charge in [-0.1, -0.05) is 6.08 Å². The Hall–Kier alpha value is -0.100. The Labute approximate surface area is 102 Å².